The monoisotopic (exact) mass is 267 g/mol. The average Bonchev–Trinajstić information content (AvgIpc) is 2.41. The summed E-state index contributed by atoms with van der Waals surface area (Å²) in [6.45, 7) is 0.105. The molecular formula is C13H15F2N3O. The Hall–Kier alpha value is -1.95. The second kappa shape index (κ2) is 6.29. The number of nitrogens with two attached hydrogens (primary N) is 1. The van der Waals surface area contributed by atoms with E-state index >= 15 is 0 Å². The van der Waals surface area contributed by atoms with Gasteiger partial charge in [-0.05, 0) is 24.3 Å². The molecule has 1 aromatic carbocycles. The Morgan fingerprint density at radius 2 is 2.16 bits per heavy atom. The van der Waals surface area contributed by atoms with Crippen LogP contribution in [0.15, 0.2) is 30.5 Å². The molecule has 0 saturated carbocycles. The molecule has 0 radical (unpaired) electrons. The smallest absolute Gasteiger partial charge is 0.261 e. The summed E-state index contributed by atoms with van der Waals surface area (Å²) in [5, 5.41) is 3.96. The number of aromatic nitrogens is 1. The molecule has 0 bridgehead atoms. The first-order chi connectivity index (χ1) is 9.18. The lowest BCUT2D eigenvalue weighted by Gasteiger charge is -2.10. The SMILES string of the molecule is Nc1ccc(NCCOCC(F)F)c2ncccc12. The van der Waals surface area contributed by atoms with E-state index in [2.05, 4.69) is 10.3 Å². The van der Waals surface area contributed by atoms with Crippen LogP contribution in [0.2, 0.25) is 0 Å². The van der Waals surface area contributed by atoms with Crippen molar-refractivity contribution in [1.82, 2.24) is 4.98 Å². The van der Waals surface area contributed by atoms with Crippen LogP contribution < -0.4 is 11.1 Å². The summed E-state index contributed by atoms with van der Waals surface area (Å²) in [4.78, 5) is 4.27. The highest BCUT2D eigenvalue weighted by atomic mass is 19.3. The Labute approximate surface area is 109 Å². The third-order valence-electron chi connectivity index (χ3n) is 2.61. The van der Waals surface area contributed by atoms with Crippen molar-refractivity contribution in [2.45, 2.75) is 6.43 Å². The molecule has 3 N–H and O–H groups in total. The van der Waals surface area contributed by atoms with E-state index in [1.807, 2.05) is 18.2 Å². The largest absolute Gasteiger partial charge is 0.398 e. The molecule has 0 atom stereocenters. The fraction of sp³-hybridized carbons (Fsp3) is 0.308. The average molecular weight is 267 g/mol. The molecule has 19 heavy (non-hydrogen) atoms. The Kier molecular flexibility index (Phi) is 4.46. The van der Waals surface area contributed by atoms with Crippen molar-refractivity contribution < 1.29 is 13.5 Å². The van der Waals surface area contributed by atoms with Crippen molar-refractivity contribution in [2.24, 2.45) is 0 Å². The van der Waals surface area contributed by atoms with Crippen molar-refractivity contribution in [3.8, 4) is 0 Å². The zero-order chi connectivity index (χ0) is 13.7. The number of hydrogen-bond acceptors (Lipinski definition) is 4. The molecule has 0 aliphatic rings. The number of alkyl halides is 2. The van der Waals surface area contributed by atoms with E-state index in [0.717, 1.165) is 16.6 Å². The van der Waals surface area contributed by atoms with Gasteiger partial charge in [-0.25, -0.2) is 8.78 Å². The summed E-state index contributed by atoms with van der Waals surface area (Å²) in [7, 11) is 0. The molecule has 0 spiro atoms. The van der Waals surface area contributed by atoms with Gasteiger partial charge in [0.1, 0.15) is 6.61 Å². The lowest BCUT2D eigenvalue weighted by molar-refractivity contribution is 0.0215. The van der Waals surface area contributed by atoms with Crippen LogP contribution in [0.25, 0.3) is 10.9 Å². The Balaban J connectivity index is 1.99. The van der Waals surface area contributed by atoms with E-state index in [-0.39, 0.29) is 6.61 Å². The highest BCUT2D eigenvalue weighted by molar-refractivity contribution is 5.98. The summed E-state index contributed by atoms with van der Waals surface area (Å²) >= 11 is 0. The van der Waals surface area contributed by atoms with Gasteiger partial charge in [0, 0.05) is 23.8 Å². The summed E-state index contributed by atoms with van der Waals surface area (Å²) in [6, 6.07) is 7.30. The third-order valence-corrected chi connectivity index (χ3v) is 2.61. The molecule has 6 heteroatoms. The lowest BCUT2D eigenvalue weighted by Crippen LogP contribution is -2.13. The number of hydrogen-bond donors (Lipinski definition) is 2. The molecule has 0 aliphatic carbocycles. The van der Waals surface area contributed by atoms with Crippen molar-refractivity contribution in [1.29, 1.82) is 0 Å². The predicted octanol–water partition coefficient (Wildman–Crippen LogP) is 2.51. The molecule has 0 saturated heterocycles. The number of anilines is 2. The number of pyridine rings is 1. The molecule has 4 nitrogen and oxygen atoms in total. The maximum atomic E-state index is 11.9. The van der Waals surface area contributed by atoms with Crippen molar-refractivity contribution in [3.05, 3.63) is 30.5 Å². The van der Waals surface area contributed by atoms with E-state index in [1.165, 1.54) is 0 Å². The molecule has 102 valence electrons. The highest BCUT2D eigenvalue weighted by Gasteiger charge is 2.05. The zero-order valence-corrected chi connectivity index (χ0v) is 10.3. The molecule has 0 fully saturated rings. The number of nitrogen functional groups attached to an aromatic ring is 1. The number of nitrogens with one attached hydrogen (secondary N) is 1. The molecule has 2 aromatic rings. The van der Waals surface area contributed by atoms with Gasteiger partial charge >= 0.3 is 0 Å². The van der Waals surface area contributed by atoms with E-state index in [0.29, 0.717) is 12.2 Å². The van der Waals surface area contributed by atoms with Crippen molar-refractivity contribution in [3.63, 3.8) is 0 Å². The molecule has 0 amide bonds. The van der Waals surface area contributed by atoms with Gasteiger partial charge in [-0.2, -0.15) is 0 Å². The van der Waals surface area contributed by atoms with E-state index in [9.17, 15) is 8.78 Å². The molecule has 0 aliphatic heterocycles. The maximum Gasteiger partial charge on any atom is 0.261 e. The number of benzene rings is 1. The summed E-state index contributed by atoms with van der Waals surface area (Å²) < 4.78 is 28.5. The number of fused-ring (bicyclic) bond motifs is 1. The molecule has 2 rings (SSSR count). The predicted molar refractivity (Wildman–Crippen MR) is 71.5 cm³/mol. The van der Waals surface area contributed by atoms with Crippen LogP contribution in [0.4, 0.5) is 20.2 Å². The molecule has 1 aromatic heterocycles. The standard InChI is InChI=1S/C13H15F2N3O/c14-12(15)8-19-7-6-17-11-4-3-10(16)9-2-1-5-18-13(9)11/h1-5,12,17H,6-8,16H2. The maximum absolute atomic E-state index is 11.9. The molecule has 1 heterocycles. The van der Waals surface area contributed by atoms with Crippen molar-refractivity contribution in [2.75, 3.05) is 30.8 Å². The van der Waals surface area contributed by atoms with Crippen LogP contribution in [0, 0.1) is 0 Å². The van der Waals surface area contributed by atoms with Gasteiger partial charge in [-0.1, -0.05) is 0 Å². The number of halogens is 2. The van der Waals surface area contributed by atoms with Crippen molar-refractivity contribution >= 4 is 22.3 Å². The number of ether oxygens (including phenoxy) is 1. The van der Waals surface area contributed by atoms with Gasteiger partial charge < -0.3 is 15.8 Å². The molecule has 0 unspecified atom stereocenters. The quantitative estimate of drug-likeness (QED) is 0.623. The summed E-state index contributed by atoms with van der Waals surface area (Å²) in [6.07, 6.45) is -0.751. The first-order valence-electron chi connectivity index (χ1n) is 5.91. The van der Waals surface area contributed by atoms with Crippen LogP contribution in [0.5, 0.6) is 0 Å². The minimum atomic E-state index is -2.43. The number of nitrogens with zero attached hydrogens (tertiary/aromatic N) is 1. The van der Waals surface area contributed by atoms with Gasteiger partial charge in [-0.3, -0.25) is 4.98 Å². The zero-order valence-electron chi connectivity index (χ0n) is 10.3. The second-order valence-electron chi connectivity index (χ2n) is 3.99. The fourth-order valence-corrected chi connectivity index (χ4v) is 1.77. The van der Waals surface area contributed by atoms with Crippen LogP contribution in [-0.4, -0.2) is 31.2 Å². The second-order valence-corrected chi connectivity index (χ2v) is 3.99. The van der Waals surface area contributed by atoms with Crippen LogP contribution >= 0.6 is 0 Å². The minimum Gasteiger partial charge on any atom is -0.398 e. The van der Waals surface area contributed by atoms with Gasteiger partial charge in [0.2, 0.25) is 0 Å². The topological polar surface area (TPSA) is 60.2 Å². The van der Waals surface area contributed by atoms with Crippen LogP contribution in [0.1, 0.15) is 0 Å². The van der Waals surface area contributed by atoms with Gasteiger partial charge in [0.15, 0.2) is 0 Å². The van der Waals surface area contributed by atoms with Gasteiger partial charge in [0.25, 0.3) is 6.43 Å². The highest BCUT2D eigenvalue weighted by Crippen LogP contribution is 2.25. The van der Waals surface area contributed by atoms with E-state index in [4.69, 9.17) is 10.5 Å². The molecular weight excluding hydrogens is 252 g/mol. The fourth-order valence-electron chi connectivity index (χ4n) is 1.77. The third kappa shape index (κ3) is 3.51. The minimum absolute atomic E-state index is 0.211. The Morgan fingerprint density at radius 3 is 2.95 bits per heavy atom. The first-order valence-corrected chi connectivity index (χ1v) is 5.91. The van der Waals surface area contributed by atoms with Crippen LogP contribution in [0.3, 0.4) is 0 Å². The Morgan fingerprint density at radius 1 is 1.32 bits per heavy atom. The van der Waals surface area contributed by atoms with Crippen LogP contribution in [-0.2, 0) is 4.74 Å². The van der Waals surface area contributed by atoms with E-state index in [1.54, 1.807) is 12.3 Å². The van der Waals surface area contributed by atoms with Gasteiger partial charge in [-0.15, -0.1) is 0 Å². The normalized spacial score (nSPS) is 11.1. The lowest BCUT2D eigenvalue weighted by atomic mass is 10.1. The van der Waals surface area contributed by atoms with E-state index < -0.39 is 13.0 Å². The first kappa shape index (κ1) is 13.5. The van der Waals surface area contributed by atoms with Gasteiger partial charge in [0.05, 0.1) is 17.8 Å². The Bertz CT molecular complexity index is 548. The summed E-state index contributed by atoms with van der Waals surface area (Å²) in [5.41, 5.74) is 8.09. The number of rotatable bonds is 6. The summed E-state index contributed by atoms with van der Waals surface area (Å²) in [5.74, 6) is 0.